The molecule has 0 aliphatic heterocycles. The summed E-state index contributed by atoms with van der Waals surface area (Å²) in [6.07, 6.45) is 1.67. The second-order valence-corrected chi connectivity index (χ2v) is 7.82. The zero-order valence-corrected chi connectivity index (χ0v) is 18.8. The normalized spacial score (nSPS) is 10.6. The highest BCUT2D eigenvalue weighted by Crippen LogP contribution is 2.28. The van der Waals surface area contributed by atoms with E-state index in [1.165, 1.54) is 12.1 Å². The SMILES string of the molecule is COc1cccc(-c2nn(-c3ccc(C)cc3)cc2C(=O)Nc2ccc(C(N)=O)c(Cl)c2)c1. The molecule has 7 nitrogen and oxygen atoms in total. The van der Waals surface area contributed by atoms with E-state index in [0.717, 1.165) is 16.8 Å². The van der Waals surface area contributed by atoms with E-state index in [-0.39, 0.29) is 16.5 Å². The van der Waals surface area contributed by atoms with Crippen LogP contribution in [0, 0.1) is 6.92 Å². The van der Waals surface area contributed by atoms with E-state index < -0.39 is 5.91 Å². The second kappa shape index (κ2) is 9.18. The first-order valence-electron chi connectivity index (χ1n) is 10.1. The molecule has 4 aromatic rings. The third kappa shape index (κ3) is 4.73. The Morgan fingerprint density at radius 3 is 2.45 bits per heavy atom. The van der Waals surface area contributed by atoms with Crippen LogP contribution in [0.5, 0.6) is 5.75 Å². The Hall–Kier alpha value is -4.10. The average molecular weight is 461 g/mol. The number of carbonyl (C=O) groups is 2. The molecule has 3 aromatic carbocycles. The van der Waals surface area contributed by atoms with Gasteiger partial charge in [-0.3, -0.25) is 9.59 Å². The van der Waals surface area contributed by atoms with Crippen molar-refractivity contribution < 1.29 is 14.3 Å². The Morgan fingerprint density at radius 1 is 1.03 bits per heavy atom. The maximum absolute atomic E-state index is 13.3. The van der Waals surface area contributed by atoms with E-state index in [2.05, 4.69) is 10.4 Å². The Balaban J connectivity index is 1.75. The zero-order valence-electron chi connectivity index (χ0n) is 18.0. The number of rotatable bonds is 6. The molecule has 8 heteroatoms. The van der Waals surface area contributed by atoms with E-state index in [1.54, 1.807) is 24.1 Å². The summed E-state index contributed by atoms with van der Waals surface area (Å²) in [4.78, 5) is 24.7. The van der Waals surface area contributed by atoms with Gasteiger partial charge in [-0.05, 0) is 49.4 Å². The van der Waals surface area contributed by atoms with Crippen molar-refractivity contribution in [3.05, 3.63) is 94.6 Å². The van der Waals surface area contributed by atoms with E-state index >= 15 is 0 Å². The molecule has 0 aliphatic carbocycles. The molecular formula is C25H21ClN4O3. The Bertz CT molecular complexity index is 1350. The van der Waals surface area contributed by atoms with Crippen LogP contribution in [0.4, 0.5) is 5.69 Å². The van der Waals surface area contributed by atoms with Gasteiger partial charge in [0.05, 0.1) is 28.9 Å². The number of primary amides is 1. The first-order chi connectivity index (χ1) is 15.9. The molecule has 0 radical (unpaired) electrons. The van der Waals surface area contributed by atoms with Crippen molar-refractivity contribution in [2.45, 2.75) is 6.92 Å². The zero-order chi connectivity index (χ0) is 23.5. The summed E-state index contributed by atoms with van der Waals surface area (Å²) in [5, 5.41) is 7.66. The van der Waals surface area contributed by atoms with Crippen molar-refractivity contribution in [2.75, 3.05) is 12.4 Å². The maximum atomic E-state index is 13.3. The van der Waals surface area contributed by atoms with Crippen LogP contribution in [-0.2, 0) is 0 Å². The lowest BCUT2D eigenvalue weighted by molar-refractivity contribution is 0.0998. The van der Waals surface area contributed by atoms with Gasteiger partial charge in [0.25, 0.3) is 5.91 Å². The monoisotopic (exact) mass is 460 g/mol. The number of ether oxygens (including phenoxy) is 1. The molecule has 0 spiro atoms. The number of aromatic nitrogens is 2. The summed E-state index contributed by atoms with van der Waals surface area (Å²) in [5.41, 5.74) is 9.42. The molecule has 4 rings (SSSR count). The molecule has 1 aromatic heterocycles. The fourth-order valence-electron chi connectivity index (χ4n) is 3.34. The number of amides is 2. The van der Waals surface area contributed by atoms with Gasteiger partial charge in [0.15, 0.2) is 0 Å². The number of halogens is 1. The summed E-state index contributed by atoms with van der Waals surface area (Å²) < 4.78 is 6.99. The van der Waals surface area contributed by atoms with Gasteiger partial charge >= 0.3 is 0 Å². The van der Waals surface area contributed by atoms with Crippen LogP contribution in [0.15, 0.2) is 72.9 Å². The van der Waals surface area contributed by atoms with Crippen molar-refractivity contribution in [3.63, 3.8) is 0 Å². The van der Waals surface area contributed by atoms with E-state index in [4.69, 9.17) is 22.1 Å². The third-order valence-electron chi connectivity index (χ3n) is 5.09. The highest BCUT2D eigenvalue weighted by Gasteiger charge is 2.20. The molecule has 0 fully saturated rings. The quantitative estimate of drug-likeness (QED) is 0.429. The summed E-state index contributed by atoms with van der Waals surface area (Å²) in [7, 11) is 1.58. The van der Waals surface area contributed by atoms with Crippen LogP contribution < -0.4 is 15.8 Å². The fourth-order valence-corrected chi connectivity index (χ4v) is 3.62. The minimum absolute atomic E-state index is 0.156. The van der Waals surface area contributed by atoms with E-state index in [0.29, 0.717) is 22.7 Å². The summed E-state index contributed by atoms with van der Waals surface area (Å²) >= 11 is 6.13. The molecule has 33 heavy (non-hydrogen) atoms. The number of hydrogen-bond acceptors (Lipinski definition) is 4. The van der Waals surface area contributed by atoms with Crippen LogP contribution >= 0.6 is 11.6 Å². The minimum atomic E-state index is -0.641. The summed E-state index contributed by atoms with van der Waals surface area (Å²) in [6.45, 7) is 2.00. The molecule has 0 bridgehead atoms. The molecule has 0 saturated carbocycles. The van der Waals surface area contributed by atoms with E-state index in [9.17, 15) is 9.59 Å². The van der Waals surface area contributed by atoms with Crippen molar-refractivity contribution in [3.8, 4) is 22.7 Å². The molecule has 1 heterocycles. The van der Waals surface area contributed by atoms with Crippen molar-refractivity contribution in [1.82, 2.24) is 9.78 Å². The van der Waals surface area contributed by atoms with Crippen LogP contribution in [0.2, 0.25) is 5.02 Å². The van der Waals surface area contributed by atoms with Crippen molar-refractivity contribution >= 4 is 29.1 Å². The van der Waals surface area contributed by atoms with Gasteiger partial charge in [-0.2, -0.15) is 5.10 Å². The lowest BCUT2D eigenvalue weighted by Gasteiger charge is -2.08. The fraction of sp³-hybridized carbons (Fsp3) is 0.0800. The maximum Gasteiger partial charge on any atom is 0.259 e. The number of nitrogens with one attached hydrogen (secondary N) is 1. The standard InChI is InChI=1S/C25H21ClN4O3/c1-15-6-9-18(10-7-15)30-14-21(23(29-30)16-4-3-5-19(12-16)33-2)25(32)28-17-8-11-20(24(27)31)22(26)13-17/h3-14H,1-2H3,(H2,27,31)(H,28,32). The topological polar surface area (TPSA) is 99.2 Å². The molecule has 166 valence electrons. The van der Waals surface area contributed by atoms with Gasteiger partial charge in [0.1, 0.15) is 11.4 Å². The number of methoxy groups -OCH3 is 1. The van der Waals surface area contributed by atoms with Gasteiger partial charge in [0.2, 0.25) is 5.91 Å². The van der Waals surface area contributed by atoms with Crippen LogP contribution in [0.3, 0.4) is 0 Å². The number of nitrogens with zero attached hydrogens (tertiary/aromatic N) is 2. The first-order valence-corrected chi connectivity index (χ1v) is 10.5. The Labute approximate surface area is 195 Å². The predicted octanol–water partition coefficient (Wildman–Crippen LogP) is 4.86. The summed E-state index contributed by atoms with van der Waals surface area (Å²) in [6, 6.07) is 19.7. The number of hydrogen-bond donors (Lipinski definition) is 2. The predicted molar refractivity (Wildman–Crippen MR) is 128 cm³/mol. The number of benzene rings is 3. The Kier molecular flexibility index (Phi) is 6.15. The largest absolute Gasteiger partial charge is 0.497 e. The molecule has 0 atom stereocenters. The molecule has 3 N–H and O–H groups in total. The molecule has 2 amide bonds. The number of nitrogens with two attached hydrogens (primary N) is 1. The van der Waals surface area contributed by atoms with Gasteiger partial charge in [-0.1, -0.05) is 41.4 Å². The summed E-state index contributed by atoms with van der Waals surface area (Å²) in [5.74, 6) is -0.371. The second-order valence-electron chi connectivity index (χ2n) is 7.42. The number of anilines is 1. The smallest absolute Gasteiger partial charge is 0.259 e. The molecule has 0 saturated heterocycles. The first kappa shape index (κ1) is 22.1. The molecule has 0 aliphatic rings. The van der Waals surface area contributed by atoms with Crippen molar-refractivity contribution in [2.24, 2.45) is 5.73 Å². The molecular weight excluding hydrogens is 440 g/mol. The van der Waals surface area contributed by atoms with Gasteiger partial charge in [-0.15, -0.1) is 0 Å². The highest BCUT2D eigenvalue weighted by atomic mass is 35.5. The third-order valence-corrected chi connectivity index (χ3v) is 5.41. The Morgan fingerprint density at radius 2 is 1.79 bits per heavy atom. The highest BCUT2D eigenvalue weighted by molar-refractivity contribution is 6.34. The minimum Gasteiger partial charge on any atom is -0.497 e. The number of carbonyl (C=O) groups excluding carboxylic acids is 2. The molecule has 0 unspecified atom stereocenters. The number of aryl methyl sites for hydroxylation is 1. The van der Waals surface area contributed by atoms with Crippen LogP contribution in [0.1, 0.15) is 26.3 Å². The van der Waals surface area contributed by atoms with Crippen LogP contribution in [-0.4, -0.2) is 28.7 Å². The van der Waals surface area contributed by atoms with Crippen molar-refractivity contribution in [1.29, 1.82) is 0 Å². The lowest BCUT2D eigenvalue weighted by Crippen LogP contribution is -2.14. The van der Waals surface area contributed by atoms with Gasteiger partial charge in [0, 0.05) is 17.4 Å². The lowest BCUT2D eigenvalue weighted by atomic mass is 10.1. The van der Waals surface area contributed by atoms with Gasteiger partial charge in [-0.25, -0.2) is 4.68 Å². The average Bonchev–Trinajstić information content (AvgIpc) is 3.25. The van der Waals surface area contributed by atoms with Gasteiger partial charge < -0.3 is 15.8 Å². The van der Waals surface area contributed by atoms with Crippen LogP contribution in [0.25, 0.3) is 16.9 Å². The van der Waals surface area contributed by atoms with E-state index in [1.807, 2.05) is 55.5 Å².